The minimum atomic E-state index is 0.0511. The van der Waals surface area contributed by atoms with Gasteiger partial charge in [0.2, 0.25) is 12.3 Å². The van der Waals surface area contributed by atoms with Gasteiger partial charge in [-0.15, -0.1) is 0 Å². The molecular weight excluding hydrogens is 242 g/mol. The lowest BCUT2D eigenvalue weighted by molar-refractivity contribution is -0.118. The summed E-state index contributed by atoms with van der Waals surface area (Å²) in [4.78, 5) is 28.1. The van der Waals surface area contributed by atoms with E-state index in [1.165, 1.54) is 0 Å². The topological polar surface area (TPSA) is 43.9 Å². The van der Waals surface area contributed by atoms with Crippen molar-refractivity contribution >= 4 is 23.7 Å². The highest BCUT2D eigenvalue weighted by molar-refractivity contribution is 5.95. The van der Waals surface area contributed by atoms with Crippen molar-refractivity contribution in [1.82, 2.24) is 4.90 Å². The number of nitrogens with zero attached hydrogens (tertiary/aromatic N) is 3. The van der Waals surface area contributed by atoms with Crippen LogP contribution in [0.3, 0.4) is 0 Å². The van der Waals surface area contributed by atoms with E-state index in [0.29, 0.717) is 6.54 Å². The summed E-state index contributed by atoms with van der Waals surface area (Å²) in [6.45, 7) is 1.10. The van der Waals surface area contributed by atoms with Gasteiger partial charge in [0.25, 0.3) is 0 Å². The number of hydrogen-bond acceptors (Lipinski definition) is 3. The standard InChI is InChI=1S/C14H19N3O2/c1-15(2)9-14(19)16(3)12-4-5-13-11(8-12)6-7-17(13)10-18/h4-5,8,10H,6-7,9H2,1-3H3. The molecule has 0 fully saturated rings. The molecule has 0 atom stereocenters. The molecule has 5 heteroatoms. The third-order valence-electron chi connectivity index (χ3n) is 3.33. The molecular formula is C14H19N3O2. The lowest BCUT2D eigenvalue weighted by Crippen LogP contribution is -2.35. The monoisotopic (exact) mass is 261 g/mol. The van der Waals surface area contributed by atoms with Gasteiger partial charge in [0.15, 0.2) is 0 Å². The number of amides is 2. The number of carbonyl (C=O) groups excluding carboxylic acids is 2. The molecule has 19 heavy (non-hydrogen) atoms. The molecule has 5 nitrogen and oxygen atoms in total. The Morgan fingerprint density at radius 3 is 2.74 bits per heavy atom. The maximum atomic E-state index is 12.0. The molecule has 2 rings (SSSR count). The highest BCUT2D eigenvalue weighted by Gasteiger charge is 2.20. The van der Waals surface area contributed by atoms with Crippen LogP contribution in [0.1, 0.15) is 5.56 Å². The van der Waals surface area contributed by atoms with Gasteiger partial charge >= 0.3 is 0 Å². The van der Waals surface area contributed by atoms with Gasteiger partial charge in [-0.1, -0.05) is 0 Å². The summed E-state index contributed by atoms with van der Waals surface area (Å²) >= 11 is 0. The van der Waals surface area contributed by atoms with Crippen LogP contribution >= 0.6 is 0 Å². The first-order valence-corrected chi connectivity index (χ1v) is 6.29. The Balaban J connectivity index is 2.19. The van der Waals surface area contributed by atoms with Gasteiger partial charge in [-0.2, -0.15) is 0 Å². The highest BCUT2D eigenvalue weighted by Crippen LogP contribution is 2.30. The van der Waals surface area contributed by atoms with Crippen LogP contribution in [0.4, 0.5) is 11.4 Å². The number of hydrogen-bond donors (Lipinski definition) is 0. The third kappa shape index (κ3) is 2.76. The maximum Gasteiger partial charge on any atom is 0.240 e. The smallest absolute Gasteiger partial charge is 0.240 e. The third-order valence-corrected chi connectivity index (χ3v) is 3.33. The molecule has 0 aromatic heterocycles. The summed E-state index contributed by atoms with van der Waals surface area (Å²) in [7, 11) is 5.52. The molecule has 1 heterocycles. The lowest BCUT2D eigenvalue weighted by Gasteiger charge is -2.20. The molecule has 102 valence electrons. The minimum absolute atomic E-state index is 0.0511. The van der Waals surface area contributed by atoms with E-state index >= 15 is 0 Å². The Bertz CT molecular complexity index is 499. The van der Waals surface area contributed by atoms with E-state index in [2.05, 4.69) is 0 Å². The fourth-order valence-corrected chi connectivity index (χ4v) is 2.25. The SMILES string of the molecule is CN(C)CC(=O)N(C)c1ccc2c(c1)CCN2C=O. The molecule has 0 N–H and O–H groups in total. The first-order valence-electron chi connectivity index (χ1n) is 6.29. The fourth-order valence-electron chi connectivity index (χ4n) is 2.25. The summed E-state index contributed by atoms with van der Waals surface area (Å²) in [5.41, 5.74) is 2.94. The van der Waals surface area contributed by atoms with E-state index in [0.717, 1.165) is 36.3 Å². The van der Waals surface area contributed by atoms with Gasteiger partial charge in [-0.3, -0.25) is 9.59 Å². The molecule has 0 saturated heterocycles. The van der Waals surface area contributed by atoms with E-state index < -0.39 is 0 Å². The number of fused-ring (bicyclic) bond motifs is 1. The number of benzene rings is 1. The predicted molar refractivity (Wildman–Crippen MR) is 75.5 cm³/mol. The van der Waals surface area contributed by atoms with Crippen LogP contribution in [0.5, 0.6) is 0 Å². The molecule has 0 radical (unpaired) electrons. The summed E-state index contributed by atoms with van der Waals surface area (Å²) < 4.78 is 0. The van der Waals surface area contributed by atoms with Crippen LogP contribution in [-0.4, -0.2) is 51.4 Å². The summed E-state index contributed by atoms with van der Waals surface area (Å²) in [5.74, 6) is 0.0511. The Morgan fingerprint density at radius 1 is 1.37 bits per heavy atom. The largest absolute Gasteiger partial charge is 0.314 e. The Kier molecular flexibility index (Phi) is 3.85. The zero-order valence-corrected chi connectivity index (χ0v) is 11.6. The zero-order chi connectivity index (χ0) is 14.0. The van der Waals surface area contributed by atoms with Gasteiger partial charge < -0.3 is 14.7 Å². The Labute approximate surface area is 113 Å². The number of anilines is 2. The van der Waals surface area contributed by atoms with Crippen LogP contribution < -0.4 is 9.80 Å². The minimum Gasteiger partial charge on any atom is -0.314 e. The van der Waals surface area contributed by atoms with Gasteiger partial charge in [-0.05, 0) is 44.3 Å². The second-order valence-electron chi connectivity index (χ2n) is 5.05. The van der Waals surface area contributed by atoms with Crippen molar-refractivity contribution < 1.29 is 9.59 Å². The van der Waals surface area contributed by atoms with Crippen LogP contribution in [0.2, 0.25) is 0 Å². The summed E-state index contributed by atoms with van der Waals surface area (Å²) in [6.07, 6.45) is 1.70. The molecule has 0 aliphatic carbocycles. The average molecular weight is 261 g/mol. The number of rotatable bonds is 4. The lowest BCUT2D eigenvalue weighted by atomic mass is 10.1. The van der Waals surface area contributed by atoms with Gasteiger partial charge in [0.1, 0.15) is 0 Å². The second kappa shape index (κ2) is 5.40. The van der Waals surface area contributed by atoms with Crippen molar-refractivity contribution in [3.8, 4) is 0 Å². The molecule has 0 bridgehead atoms. The number of likely N-dealkylation sites (N-methyl/N-ethyl adjacent to an activating group) is 2. The van der Waals surface area contributed by atoms with Crippen molar-refractivity contribution in [2.24, 2.45) is 0 Å². The highest BCUT2D eigenvalue weighted by atomic mass is 16.2. The molecule has 1 aromatic carbocycles. The fraction of sp³-hybridized carbons (Fsp3) is 0.429. The van der Waals surface area contributed by atoms with Crippen LogP contribution in [0, 0.1) is 0 Å². The van der Waals surface area contributed by atoms with E-state index in [1.807, 2.05) is 37.2 Å². The van der Waals surface area contributed by atoms with E-state index in [1.54, 1.807) is 16.8 Å². The second-order valence-corrected chi connectivity index (χ2v) is 5.05. The van der Waals surface area contributed by atoms with E-state index in [9.17, 15) is 9.59 Å². The molecule has 1 aromatic rings. The average Bonchev–Trinajstić information content (AvgIpc) is 2.78. The first-order chi connectivity index (χ1) is 9.02. The quantitative estimate of drug-likeness (QED) is 0.751. The van der Waals surface area contributed by atoms with Gasteiger partial charge in [-0.25, -0.2) is 0 Å². The van der Waals surface area contributed by atoms with Crippen molar-refractivity contribution in [2.75, 3.05) is 44.0 Å². The molecule has 1 aliphatic rings. The van der Waals surface area contributed by atoms with Crippen LogP contribution in [0.15, 0.2) is 18.2 Å². The van der Waals surface area contributed by atoms with Crippen molar-refractivity contribution in [3.63, 3.8) is 0 Å². The molecule has 0 unspecified atom stereocenters. The molecule has 0 spiro atoms. The van der Waals surface area contributed by atoms with Crippen molar-refractivity contribution in [3.05, 3.63) is 23.8 Å². The van der Waals surface area contributed by atoms with E-state index in [4.69, 9.17) is 0 Å². The molecule has 0 saturated carbocycles. The van der Waals surface area contributed by atoms with Crippen molar-refractivity contribution in [1.29, 1.82) is 0 Å². The Hall–Kier alpha value is -1.88. The van der Waals surface area contributed by atoms with Crippen LogP contribution in [0.25, 0.3) is 0 Å². The molecule has 2 amide bonds. The van der Waals surface area contributed by atoms with Gasteiger partial charge in [0.05, 0.1) is 6.54 Å². The summed E-state index contributed by atoms with van der Waals surface area (Å²) in [6, 6.07) is 5.78. The van der Waals surface area contributed by atoms with Crippen LogP contribution in [-0.2, 0) is 16.0 Å². The van der Waals surface area contributed by atoms with Gasteiger partial charge in [0, 0.05) is 25.0 Å². The zero-order valence-electron chi connectivity index (χ0n) is 11.6. The van der Waals surface area contributed by atoms with Crippen molar-refractivity contribution in [2.45, 2.75) is 6.42 Å². The normalized spacial score (nSPS) is 13.6. The summed E-state index contributed by atoms with van der Waals surface area (Å²) in [5, 5.41) is 0. The number of carbonyl (C=O) groups is 2. The maximum absolute atomic E-state index is 12.0. The predicted octanol–water partition coefficient (Wildman–Crippen LogP) is 0.730. The molecule has 1 aliphatic heterocycles. The first kappa shape index (κ1) is 13.5. The Morgan fingerprint density at radius 2 is 2.11 bits per heavy atom. The van der Waals surface area contributed by atoms with E-state index in [-0.39, 0.29) is 5.91 Å².